The van der Waals surface area contributed by atoms with E-state index in [1.165, 1.54) is 7.11 Å². The summed E-state index contributed by atoms with van der Waals surface area (Å²) in [5, 5.41) is 2.67. The number of hydrogen-bond acceptors (Lipinski definition) is 4. The number of carbonyl (C=O) groups is 2. The summed E-state index contributed by atoms with van der Waals surface area (Å²) >= 11 is 0. The fourth-order valence-electron chi connectivity index (χ4n) is 1.37. The number of methoxy groups -OCH3 is 1. The van der Waals surface area contributed by atoms with E-state index in [-0.39, 0.29) is 11.8 Å². The number of ether oxygens (including phenoxy) is 1. The molecule has 0 aromatic heterocycles. The van der Waals surface area contributed by atoms with Crippen LogP contribution in [0.2, 0.25) is 0 Å². The number of benzene rings is 1. The standard InChI is InChI=1S/C13H18N2O3/c1-8(2)11(14)12(16)15-10-6-4-5-9(7-10)13(17)18-3/h4-8,11H,14H2,1-3H3,(H,15,16). The summed E-state index contributed by atoms with van der Waals surface area (Å²) in [6.07, 6.45) is 0. The third kappa shape index (κ3) is 3.56. The molecule has 1 rings (SSSR count). The lowest BCUT2D eigenvalue weighted by Gasteiger charge is -2.15. The highest BCUT2D eigenvalue weighted by Gasteiger charge is 2.17. The van der Waals surface area contributed by atoms with Gasteiger partial charge in [0.15, 0.2) is 0 Å². The van der Waals surface area contributed by atoms with E-state index in [1.807, 2.05) is 13.8 Å². The third-order valence-corrected chi connectivity index (χ3v) is 2.57. The normalized spacial score (nSPS) is 12.1. The summed E-state index contributed by atoms with van der Waals surface area (Å²) in [6.45, 7) is 3.74. The van der Waals surface area contributed by atoms with E-state index in [1.54, 1.807) is 24.3 Å². The van der Waals surface area contributed by atoms with E-state index in [4.69, 9.17) is 5.73 Å². The highest BCUT2D eigenvalue weighted by Crippen LogP contribution is 2.12. The minimum Gasteiger partial charge on any atom is -0.465 e. The van der Waals surface area contributed by atoms with Crippen molar-refractivity contribution in [2.75, 3.05) is 12.4 Å². The van der Waals surface area contributed by atoms with Crippen LogP contribution in [0.1, 0.15) is 24.2 Å². The van der Waals surface area contributed by atoms with Gasteiger partial charge in [-0.05, 0) is 24.1 Å². The first kappa shape index (κ1) is 14.2. The van der Waals surface area contributed by atoms with Crippen molar-refractivity contribution in [1.29, 1.82) is 0 Å². The number of nitrogens with one attached hydrogen (secondary N) is 1. The van der Waals surface area contributed by atoms with Gasteiger partial charge in [-0.2, -0.15) is 0 Å². The SMILES string of the molecule is COC(=O)c1cccc(NC(=O)C(N)C(C)C)c1. The zero-order valence-corrected chi connectivity index (χ0v) is 10.8. The zero-order chi connectivity index (χ0) is 13.7. The van der Waals surface area contributed by atoms with Gasteiger partial charge < -0.3 is 15.8 Å². The fourth-order valence-corrected chi connectivity index (χ4v) is 1.37. The zero-order valence-electron chi connectivity index (χ0n) is 10.8. The van der Waals surface area contributed by atoms with Crippen molar-refractivity contribution in [2.24, 2.45) is 11.7 Å². The van der Waals surface area contributed by atoms with Crippen molar-refractivity contribution in [3.63, 3.8) is 0 Å². The molecule has 5 heteroatoms. The summed E-state index contributed by atoms with van der Waals surface area (Å²) in [5.74, 6) is -0.667. The van der Waals surface area contributed by atoms with Crippen molar-refractivity contribution in [1.82, 2.24) is 0 Å². The number of carbonyl (C=O) groups excluding carboxylic acids is 2. The van der Waals surface area contributed by atoms with Crippen molar-refractivity contribution in [3.05, 3.63) is 29.8 Å². The van der Waals surface area contributed by atoms with E-state index in [2.05, 4.69) is 10.1 Å². The minimum absolute atomic E-state index is 0.0498. The summed E-state index contributed by atoms with van der Waals surface area (Å²) in [5.41, 5.74) is 6.64. The lowest BCUT2D eigenvalue weighted by atomic mass is 10.0. The second-order valence-corrected chi connectivity index (χ2v) is 4.33. The summed E-state index contributed by atoms with van der Waals surface area (Å²) in [6, 6.07) is 5.95. The van der Waals surface area contributed by atoms with Gasteiger partial charge in [-0.25, -0.2) is 4.79 Å². The van der Waals surface area contributed by atoms with Crippen LogP contribution < -0.4 is 11.1 Å². The number of hydrogen-bond donors (Lipinski definition) is 2. The monoisotopic (exact) mass is 250 g/mol. The van der Waals surface area contributed by atoms with E-state index in [0.717, 1.165) is 0 Å². The maximum absolute atomic E-state index is 11.8. The quantitative estimate of drug-likeness (QED) is 0.791. The molecule has 0 saturated carbocycles. The maximum Gasteiger partial charge on any atom is 0.337 e. The molecule has 0 radical (unpaired) electrons. The topological polar surface area (TPSA) is 81.4 Å². The molecule has 1 atom stereocenters. The van der Waals surface area contributed by atoms with E-state index in [0.29, 0.717) is 11.3 Å². The van der Waals surface area contributed by atoms with Crippen LogP contribution in [-0.4, -0.2) is 25.0 Å². The number of rotatable bonds is 4. The molecule has 1 aromatic rings. The Morgan fingerprint density at radius 2 is 2.00 bits per heavy atom. The van der Waals surface area contributed by atoms with E-state index in [9.17, 15) is 9.59 Å². The number of anilines is 1. The molecule has 0 saturated heterocycles. The Balaban J connectivity index is 2.79. The van der Waals surface area contributed by atoms with Gasteiger partial charge in [0.05, 0.1) is 18.7 Å². The van der Waals surface area contributed by atoms with Crippen LogP contribution >= 0.6 is 0 Å². The lowest BCUT2D eigenvalue weighted by Crippen LogP contribution is -2.39. The first-order valence-electron chi connectivity index (χ1n) is 5.70. The highest BCUT2D eigenvalue weighted by atomic mass is 16.5. The molecule has 0 spiro atoms. The molecule has 5 nitrogen and oxygen atoms in total. The first-order valence-corrected chi connectivity index (χ1v) is 5.70. The van der Waals surface area contributed by atoms with Crippen molar-refractivity contribution in [2.45, 2.75) is 19.9 Å². The van der Waals surface area contributed by atoms with Crippen molar-refractivity contribution >= 4 is 17.6 Å². The number of esters is 1. The third-order valence-electron chi connectivity index (χ3n) is 2.57. The minimum atomic E-state index is -0.577. The second-order valence-electron chi connectivity index (χ2n) is 4.33. The Morgan fingerprint density at radius 1 is 1.33 bits per heavy atom. The Kier molecular flexibility index (Phi) is 4.85. The maximum atomic E-state index is 11.8. The lowest BCUT2D eigenvalue weighted by molar-refractivity contribution is -0.118. The van der Waals surface area contributed by atoms with Crippen LogP contribution in [0, 0.1) is 5.92 Å². The molecule has 0 aliphatic heterocycles. The van der Waals surface area contributed by atoms with Gasteiger partial charge in [0.25, 0.3) is 0 Å². The molecular weight excluding hydrogens is 232 g/mol. The predicted molar refractivity (Wildman–Crippen MR) is 69.2 cm³/mol. The molecule has 0 heterocycles. The average molecular weight is 250 g/mol. The van der Waals surface area contributed by atoms with Gasteiger partial charge in [-0.1, -0.05) is 19.9 Å². The van der Waals surface area contributed by atoms with Gasteiger partial charge in [-0.15, -0.1) is 0 Å². The first-order chi connectivity index (χ1) is 8.45. The average Bonchev–Trinajstić information content (AvgIpc) is 2.36. The molecule has 0 fully saturated rings. The van der Waals surface area contributed by atoms with Gasteiger partial charge >= 0.3 is 5.97 Å². The second kappa shape index (κ2) is 6.16. The largest absolute Gasteiger partial charge is 0.465 e. The Hall–Kier alpha value is -1.88. The Morgan fingerprint density at radius 3 is 2.56 bits per heavy atom. The van der Waals surface area contributed by atoms with E-state index < -0.39 is 12.0 Å². The summed E-state index contributed by atoms with van der Waals surface area (Å²) < 4.78 is 4.61. The van der Waals surface area contributed by atoms with Crippen molar-refractivity contribution < 1.29 is 14.3 Å². The summed E-state index contributed by atoms with van der Waals surface area (Å²) in [7, 11) is 1.31. The fraction of sp³-hybridized carbons (Fsp3) is 0.385. The molecule has 1 unspecified atom stereocenters. The summed E-state index contributed by atoms with van der Waals surface area (Å²) in [4.78, 5) is 23.1. The molecule has 0 bridgehead atoms. The van der Waals surface area contributed by atoms with Gasteiger partial charge in [-0.3, -0.25) is 4.79 Å². The molecule has 0 aliphatic rings. The molecule has 98 valence electrons. The Labute approximate surface area is 106 Å². The van der Waals surface area contributed by atoms with Crippen LogP contribution in [0.15, 0.2) is 24.3 Å². The molecule has 1 aromatic carbocycles. The van der Waals surface area contributed by atoms with Crippen LogP contribution in [0.3, 0.4) is 0 Å². The van der Waals surface area contributed by atoms with Crippen LogP contribution in [0.5, 0.6) is 0 Å². The number of amides is 1. The highest BCUT2D eigenvalue weighted by molar-refractivity contribution is 5.96. The molecule has 3 N–H and O–H groups in total. The molecule has 1 amide bonds. The molecule has 0 aliphatic carbocycles. The smallest absolute Gasteiger partial charge is 0.337 e. The van der Waals surface area contributed by atoms with Crippen LogP contribution in [0.4, 0.5) is 5.69 Å². The predicted octanol–water partition coefficient (Wildman–Crippen LogP) is 1.39. The number of nitrogens with two attached hydrogens (primary N) is 1. The van der Waals surface area contributed by atoms with Gasteiger partial charge in [0.2, 0.25) is 5.91 Å². The van der Waals surface area contributed by atoms with Crippen molar-refractivity contribution in [3.8, 4) is 0 Å². The molecular formula is C13H18N2O3. The molecule has 18 heavy (non-hydrogen) atoms. The Bertz CT molecular complexity index is 444. The van der Waals surface area contributed by atoms with Crippen LogP contribution in [0.25, 0.3) is 0 Å². The van der Waals surface area contributed by atoms with Gasteiger partial charge in [0.1, 0.15) is 0 Å². The van der Waals surface area contributed by atoms with E-state index >= 15 is 0 Å². The van der Waals surface area contributed by atoms with Crippen LogP contribution in [-0.2, 0) is 9.53 Å². The van der Waals surface area contributed by atoms with Gasteiger partial charge in [0, 0.05) is 5.69 Å².